The highest BCUT2D eigenvalue weighted by Crippen LogP contribution is 2.30. The molecule has 0 aromatic carbocycles. The van der Waals surface area contributed by atoms with Gasteiger partial charge in [0.1, 0.15) is 5.69 Å². The molecule has 0 saturated heterocycles. The third-order valence-electron chi connectivity index (χ3n) is 1.39. The van der Waals surface area contributed by atoms with Crippen molar-refractivity contribution in [2.75, 3.05) is 6.61 Å². The molecular weight excluding hydrogens is 310 g/mol. The first-order chi connectivity index (χ1) is 6.45. The Kier molecular flexibility index (Phi) is 3.57. The highest BCUT2D eigenvalue weighted by Gasteiger charge is 2.33. The first kappa shape index (κ1) is 11.5. The zero-order chi connectivity index (χ0) is 10.8. The summed E-state index contributed by atoms with van der Waals surface area (Å²) in [5, 5.41) is 0. The van der Waals surface area contributed by atoms with Gasteiger partial charge >= 0.3 is 6.18 Å². The van der Waals surface area contributed by atoms with Crippen molar-refractivity contribution in [3.8, 4) is 5.88 Å². The monoisotopic (exact) mass is 317 g/mol. The van der Waals surface area contributed by atoms with Gasteiger partial charge in [-0.25, -0.2) is 4.98 Å². The molecule has 78 valence electrons. The van der Waals surface area contributed by atoms with Gasteiger partial charge in [-0.3, -0.25) is 0 Å². The highest BCUT2D eigenvalue weighted by molar-refractivity contribution is 14.1. The minimum Gasteiger partial charge on any atom is -0.477 e. The van der Waals surface area contributed by atoms with E-state index >= 15 is 0 Å². The number of rotatable bonds is 2. The molecule has 0 amide bonds. The van der Waals surface area contributed by atoms with Crippen LogP contribution in [0, 0.1) is 3.57 Å². The maximum atomic E-state index is 12.2. The molecule has 0 unspecified atom stereocenters. The SMILES string of the molecule is CCOc1nc(C(F)(F)F)ccc1I. The van der Waals surface area contributed by atoms with E-state index in [4.69, 9.17) is 4.74 Å². The summed E-state index contributed by atoms with van der Waals surface area (Å²) < 4.78 is 42.2. The van der Waals surface area contributed by atoms with E-state index in [-0.39, 0.29) is 5.88 Å². The van der Waals surface area contributed by atoms with Crippen LogP contribution in [0.15, 0.2) is 12.1 Å². The fourth-order valence-corrected chi connectivity index (χ4v) is 1.28. The van der Waals surface area contributed by atoms with Crippen LogP contribution in [0.5, 0.6) is 5.88 Å². The Bertz CT molecular complexity index is 327. The van der Waals surface area contributed by atoms with Crippen molar-refractivity contribution in [3.05, 3.63) is 21.4 Å². The normalized spacial score (nSPS) is 11.5. The Balaban J connectivity index is 3.06. The molecule has 0 spiro atoms. The van der Waals surface area contributed by atoms with Crippen LogP contribution in [0.4, 0.5) is 13.2 Å². The molecule has 1 heterocycles. The van der Waals surface area contributed by atoms with E-state index in [9.17, 15) is 13.2 Å². The minimum absolute atomic E-state index is 0.0305. The molecule has 0 aliphatic rings. The quantitative estimate of drug-likeness (QED) is 0.782. The van der Waals surface area contributed by atoms with Crippen molar-refractivity contribution in [2.24, 2.45) is 0 Å². The van der Waals surface area contributed by atoms with Crippen LogP contribution in [-0.2, 0) is 6.18 Å². The van der Waals surface area contributed by atoms with Crippen LogP contribution in [0.2, 0.25) is 0 Å². The summed E-state index contributed by atoms with van der Waals surface area (Å²) in [5.74, 6) is 0.0305. The molecular formula is C8H7F3INO. The van der Waals surface area contributed by atoms with Crippen molar-refractivity contribution in [1.29, 1.82) is 0 Å². The Morgan fingerprint density at radius 1 is 1.43 bits per heavy atom. The van der Waals surface area contributed by atoms with E-state index < -0.39 is 11.9 Å². The molecule has 1 aromatic heterocycles. The molecule has 0 radical (unpaired) electrons. The van der Waals surface area contributed by atoms with Gasteiger partial charge in [0.15, 0.2) is 0 Å². The summed E-state index contributed by atoms with van der Waals surface area (Å²) in [7, 11) is 0. The summed E-state index contributed by atoms with van der Waals surface area (Å²) in [6.07, 6.45) is -4.42. The van der Waals surface area contributed by atoms with Crippen LogP contribution in [0.3, 0.4) is 0 Å². The van der Waals surface area contributed by atoms with Crippen LogP contribution in [0.1, 0.15) is 12.6 Å². The number of aromatic nitrogens is 1. The maximum absolute atomic E-state index is 12.2. The largest absolute Gasteiger partial charge is 0.477 e. The molecule has 1 rings (SSSR count). The standard InChI is InChI=1S/C8H7F3INO/c1-2-14-7-5(12)3-4-6(13-7)8(9,10)11/h3-4H,2H2,1H3. The van der Waals surface area contributed by atoms with Gasteiger partial charge in [0.2, 0.25) is 5.88 Å². The number of ether oxygens (including phenoxy) is 1. The summed E-state index contributed by atoms with van der Waals surface area (Å²) in [5.41, 5.74) is -0.929. The number of alkyl halides is 3. The average molecular weight is 317 g/mol. The molecule has 6 heteroatoms. The van der Waals surface area contributed by atoms with E-state index in [2.05, 4.69) is 4.98 Å². The molecule has 0 aliphatic heterocycles. The predicted octanol–water partition coefficient (Wildman–Crippen LogP) is 3.10. The topological polar surface area (TPSA) is 22.1 Å². The zero-order valence-electron chi connectivity index (χ0n) is 7.23. The Labute approximate surface area is 92.6 Å². The van der Waals surface area contributed by atoms with Crippen LogP contribution >= 0.6 is 22.6 Å². The first-order valence-corrected chi connectivity index (χ1v) is 4.89. The zero-order valence-corrected chi connectivity index (χ0v) is 9.39. The fraction of sp³-hybridized carbons (Fsp3) is 0.375. The lowest BCUT2D eigenvalue weighted by atomic mass is 10.3. The lowest BCUT2D eigenvalue weighted by molar-refractivity contribution is -0.141. The molecule has 0 atom stereocenters. The van der Waals surface area contributed by atoms with Crippen molar-refractivity contribution in [2.45, 2.75) is 13.1 Å². The lowest BCUT2D eigenvalue weighted by Crippen LogP contribution is -2.09. The maximum Gasteiger partial charge on any atom is 0.433 e. The molecule has 0 bridgehead atoms. The molecule has 0 aliphatic carbocycles. The molecule has 0 fully saturated rings. The fourth-order valence-electron chi connectivity index (χ4n) is 0.819. The molecule has 14 heavy (non-hydrogen) atoms. The first-order valence-electron chi connectivity index (χ1n) is 3.81. The number of pyridine rings is 1. The van der Waals surface area contributed by atoms with E-state index in [1.165, 1.54) is 6.07 Å². The van der Waals surface area contributed by atoms with Crippen molar-refractivity contribution >= 4 is 22.6 Å². The van der Waals surface area contributed by atoms with Crippen LogP contribution in [-0.4, -0.2) is 11.6 Å². The highest BCUT2D eigenvalue weighted by atomic mass is 127. The van der Waals surface area contributed by atoms with Gasteiger partial charge in [-0.2, -0.15) is 13.2 Å². The smallest absolute Gasteiger partial charge is 0.433 e. The average Bonchev–Trinajstić information content (AvgIpc) is 2.07. The van der Waals surface area contributed by atoms with Gasteiger partial charge in [-0.15, -0.1) is 0 Å². The second-order valence-corrected chi connectivity index (χ2v) is 3.58. The number of hydrogen-bond acceptors (Lipinski definition) is 2. The van der Waals surface area contributed by atoms with Gasteiger partial charge in [0.25, 0.3) is 0 Å². The second kappa shape index (κ2) is 4.33. The number of halogens is 4. The van der Waals surface area contributed by atoms with Gasteiger partial charge in [0.05, 0.1) is 10.2 Å². The summed E-state index contributed by atoms with van der Waals surface area (Å²) >= 11 is 1.87. The van der Waals surface area contributed by atoms with E-state index in [1.54, 1.807) is 6.92 Å². The van der Waals surface area contributed by atoms with Crippen LogP contribution in [0.25, 0.3) is 0 Å². The Morgan fingerprint density at radius 2 is 2.07 bits per heavy atom. The number of hydrogen-bond donors (Lipinski definition) is 0. The van der Waals surface area contributed by atoms with E-state index in [1.807, 2.05) is 22.6 Å². The Hall–Kier alpha value is -0.530. The molecule has 0 N–H and O–H groups in total. The second-order valence-electron chi connectivity index (χ2n) is 2.41. The molecule has 2 nitrogen and oxygen atoms in total. The van der Waals surface area contributed by atoms with Gasteiger partial charge in [0, 0.05) is 0 Å². The van der Waals surface area contributed by atoms with Crippen molar-refractivity contribution in [1.82, 2.24) is 4.98 Å². The summed E-state index contributed by atoms with van der Waals surface area (Å²) in [4.78, 5) is 3.38. The van der Waals surface area contributed by atoms with Gasteiger partial charge in [-0.1, -0.05) is 0 Å². The third-order valence-corrected chi connectivity index (χ3v) is 2.21. The Morgan fingerprint density at radius 3 is 2.57 bits per heavy atom. The molecule has 0 saturated carbocycles. The van der Waals surface area contributed by atoms with Crippen molar-refractivity contribution in [3.63, 3.8) is 0 Å². The van der Waals surface area contributed by atoms with E-state index in [0.717, 1.165) is 6.07 Å². The predicted molar refractivity (Wildman–Crippen MR) is 53.1 cm³/mol. The van der Waals surface area contributed by atoms with E-state index in [0.29, 0.717) is 10.2 Å². The lowest BCUT2D eigenvalue weighted by Gasteiger charge is -2.09. The summed E-state index contributed by atoms with van der Waals surface area (Å²) in [6, 6.07) is 2.27. The number of nitrogens with zero attached hydrogens (tertiary/aromatic N) is 1. The molecule has 1 aromatic rings. The summed E-state index contributed by atoms with van der Waals surface area (Å²) in [6.45, 7) is 1.99. The minimum atomic E-state index is -4.42. The van der Waals surface area contributed by atoms with Crippen molar-refractivity contribution < 1.29 is 17.9 Å². The van der Waals surface area contributed by atoms with Gasteiger partial charge < -0.3 is 4.74 Å². The third kappa shape index (κ3) is 2.73. The van der Waals surface area contributed by atoms with Crippen LogP contribution < -0.4 is 4.74 Å². The van der Waals surface area contributed by atoms with Gasteiger partial charge in [-0.05, 0) is 41.6 Å².